The van der Waals surface area contributed by atoms with Crippen molar-refractivity contribution in [3.63, 3.8) is 0 Å². The molecule has 2 aliphatic rings. The third kappa shape index (κ3) is 3.14. The Hall–Kier alpha value is -1.61. The summed E-state index contributed by atoms with van der Waals surface area (Å²) in [4.78, 5) is 16.4. The second kappa shape index (κ2) is 7.10. The monoisotopic (exact) mass is 339 g/mol. The SMILES string of the molecule is O=C(c1ccc(C2CCCCC2)cc1)N1CCCCc2sccc21. The van der Waals surface area contributed by atoms with Crippen LogP contribution in [-0.2, 0) is 6.42 Å². The Bertz CT molecular complexity index is 697. The van der Waals surface area contributed by atoms with E-state index in [0.29, 0.717) is 5.92 Å². The van der Waals surface area contributed by atoms with Gasteiger partial charge < -0.3 is 4.90 Å². The van der Waals surface area contributed by atoms with Gasteiger partial charge in [-0.2, -0.15) is 0 Å². The minimum absolute atomic E-state index is 0.159. The number of hydrogen-bond acceptors (Lipinski definition) is 2. The van der Waals surface area contributed by atoms with Crippen LogP contribution in [0.2, 0.25) is 0 Å². The van der Waals surface area contributed by atoms with E-state index in [0.717, 1.165) is 30.6 Å². The zero-order chi connectivity index (χ0) is 16.4. The number of carbonyl (C=O) groups excluding carboxylic acids is 1. The molecule has 0 atom stereocenters. The topological polar surface area (TPSA) is 20.3 Å². The third-order valence-electron chi connectivity index (χ3n) is 5.53. The third-order valence-corrected chi connectivity index (χ3v) is 6.50. The number of anilines is 1. The van der Waals surface area contributed by atoms with Gasteiger partial charge in [0.2, 0.25) is 0 Å². The maximum Gasteiger partial charge on any atom is 0.258 e. The van der Waals surface area contributed by atoms with Gasteiger partial charge in [-0.15, -0.1) is 11.3 Å². The largest absolute Gasteiger partial charge is 0.307 e. The number of thiophene rings is 1. The first-order valence-electron chi connectivity index (χ1n) is 9.31. The van der Waals surface area contributed by atoms with Gasteiger partial charge in [-0.05, 0) is 67.2 Å². The van der Waals surface area contributed by atoms with E-state index in [1.54, 1.807) is 11.3 Å². The van der Waals surface area contributed by atoms with Crippen molar-refractivity contribution in [3.05, 3.63) is 51.7 Å². The zero-order valence-corrected chi connectivity index (χ0v) is 15.0. The minimum atomic E-state index is 0.159. The number of hydrogen-bond donors (Lipinski definition) is 0. The molecule has 1 aliphatic heterocycles. The van der Waals surface area contributed by atoms with E-state index in [-0.39, 0.29) is 5.91 Å². The summed E-state index contributed by atoms with van der Waals surface area (Å²) in [5.41, 5.74) is 3.38. The molecule has 24 heavy (non-hydrogen) atoms. The summed E-state index contributed by atoms with van der Waals surface area (Å²) in [6.07, 6.45) is 10.1. The van der Waals surface area contributed by atoms with Crippen molar-refractivity contribution in [2.24, 2.45) is 0 Å². The number of aryl methyl sites for hydroxylation is 1. The quantitative estimate of drug-likeness (QED) is 0.679. The molecule has 2 nitrogen and oxygen atoms in total. The maximum atomic E-state index is 13.0. The highest BCUT2D eigenvalue weighted by molar-refractivity contribution is 7.10. The van der Waals surface area contributed by atoms with Crippen LogP contribution in [0.15, 0.2) is 35.7 Å². The summed E-state index contributed by atoms with van der Waals surface area (Å²) in [5, 5.41) is 2.11. The predicted molar refractivity (Wildman–Crippen MR) is 101 cm³/mol. The second-order valence-electron chi connectivity index (χ2n) is 7.10. The lowest BCUT2D eigenvalue weighted by Crippen LogP contribution is -2.31. The highest BCUT2D eigenvalue weighted by Gasteiger charge is 2.23. The highest BCUT2D eigenvalue weighted by atomic mass is 32.1. The lowest BCUT2D eigenvalue weighted by Gasteiger charge is -2.23. The summed E-state index contributed by atoms with van der Waals surface area (Å²) < 4.78 is 0. The van der Waals surface area contributed by atoms with Gasteiger partial charge in [0.25, 0.3) is 5.91 Å². The molecule has 1 fully saturated rings. The van der Waals surface area contributed by atoms with E-state index in [1.165, 1.54) is 49.0 Å². The molecule has 1 aromatic heterocycles. The molecule has 126 valence electrons. The van der Waals surface area contributed by atoms with Crippen LogP contribution in [0.1, 0.15) is 71.7 Å². The summed E-state index contributed by atoms with van der Waals surface area (Å²) in [5.74, 6) is 0.858. The molecular weight excluding hydrogens is 314 g/mol. The molecule has 3 heteroatoms. The number of nitrogens with zero attached hydrogens (tertiary/aromatic N) is 1. The van der Waals surface area contributed by atoms with Gasteiger partial charge in [0.15, 0.2) is 0 Å². The van der Waals surface area contributed by atoms with Gasteiger partial charge in [-0.1, -0.05) is 31.4 Å². The molecule has 0 spiro atoms. The molecule has 4 rings (SSSR count). The molecule has 1 saturated carbocycles. The van der Waals surface area contributed by atoms with Gasteiger partial charge in [-0.3, -0.25) is 4.79 Å². The Morgan fingerprint density at radius 3 is 2.54 bits per heavy atom. The van der Waals surface area contributed by atoms with Crippen LogP contribution < -0.4 is 4.90 Å². The van der Waals surface area contributed by atoms with Crippen LogP contribution in [-0.4, -0.2) is 12.5 Å². The first-order valence-corrected chi connectivity index (χ1v) is 10.2. The molecule has 0 bridgehead atoms. The van der Waals surface area contributed by atoms with E-state index in [2.05, 4.69) is 23.6 Å². The van der Waals surface area contributed by atoms with E-state index >= 15 is 0 Å². The van der Waals surface area contributed by atoms with Crippen LogP contribution in [0.3, 0.4) is 0 Å². The Morgan fingerprint density at radius 2 is 1.75 bits per heavy atom. The number of fused-ring (bicyclic) bond motifs is 1. The fourth-order valence-electron chi connectivity index (χ4n) is 4.14. The fraction of sp³-hybridized carbons (Fsp3) is 0.476. The maximum absolute atomic E-state index is 13.0. The van der Waals surface area contributed by atoms with Crippen molar-refractivity contribution in [2.75, 3.05) is 11.4 Å². The van der Waals surface area contributed by atoms with Crippen LogP contribution in [0.25, 0.3) is 0 Å². The molecule has 0 N–H and O–H groups in total. The van der Waals surface area contributed by atoms with Crippen LogP contribution in [0, 0.1) is 0 Å². The Morgan fingerprint density at radius 1 is 0.958 bits per heavy atom. The lowest BCUT2D eigenvalue weighted by atomic mass is 9.84. The van der Waals surface area contributed by atoms with E-state index in [4.69, 9.17) is 0 Å². The molecule has 0 radical (unpaired) electrons. The highest BCUT2D eigenvalue weighted by Crippen LogP contribution is 2.34. The molecule has 1 aromatic carbocycles. The Kier molecular flexibility index (Phi) is 4.70. The zero-order valence-electron chi connectivity index (χ0n) is 14.2. The number of amides is 1. The number of carbonyl (C=O) groups is 1. The van der Waals surface area contributed by atoms with Gasteiger partial charge in [0.05, 0.1) is 5.69 Å². The van der Waals surface area contributed by atoms with Crippen LogP contribution in [0.4, 0.5) is 5.69 Å². The standard InChI is InChI=1S/C21H25NOS/c23-21(22-14-5-4-8-20-19(22)13-15-24-20)18-11-9-17(10-12-18)16-6-2-1-3-7-16/h9-13,15-16H,1-8,14H2. The normalized spacial score (nSPS) is 18.9. The first-order chi connectivity index (χ1) is 11.8. The number of benzene rings is 1. The predicted octanol–water partition coefficient (Wildman–Crippen LogP) is 5.78. The molecule has 2 aromatic rings. The molecule has 0 saturated heterocycles. The fourth-order valence-corrected chi connectivity index (χ4v) is 5.06. The summed E-state index contributed by atoms with van der Waals surface area (Å²) >= 11 is 1.78. The molecule has 1 amide bonds. The average Bonchev–Trinajstić information content (AvgIpc) is 3.01. The van der Waals surface area contributed by atoms with Crippen molar-refractivity contribution in [1.82, 2.24) is 0 Å². The van der Waals surface area contributed by atoms with E-state index in [9.17, 15) is 4.79 Å². The minimum Gasteiger partial charge on any atom is -0.307 e. The van der Waals surface area contributed by atoms with Crippen molar-refractivity contribution in [2.45, 2.75) is 57.3 Å². The molecule has 2 heterocycles. The summed E-state index contributed by atoms with van der Waals surface area (Å²) in [7, 11) is 0. The van der Waals surface area contributed by atoms with Gasteiger partial charge in [0.1, 0.15) is 0 Å². The van der Waals surface area contributed by atoms with Gasteiger partial charge in [0, 0.05) is 17.0 Å². The summed E-state index contributed by atoms with van der Waals surface area (Å²) in [6.45, 7) is 0.840. The van der Waals surface area contributed by atoms with Gasteiger partial charge in [-0.25, -0.2) is 0 Å². The van der Waals surface area contributed by atoms with Crippen LogP contribution in [0.5, 0.6) is 0 Å². The molecule has 0 unspecified atom stereocenters. The van der Waals surface area contributed by atoms with Crippen LogP contribution >= 0.6 is 11.3 Å². The summed E-state index contributed by atoms with van der Waals surface area (Å²) in [6, 6.07) is 10.6. The first kappa shape index (κ1) is 15.9. The van der Waals surface area contributed by atoms with E-state index < -0.39 is 0 Å². The smallest absolute Gasteiger partial charge is 0.258 e. The van der Waals surface area contributed by atoms with Crippen molar-refractivity contribution >= 4 is 22.9 Å². The van der Waals surface area contributed by atoms with Crippen molar-refractivity contribution in [3.8, 4) is 0 Å². The Balaban J connectivity index is 1.54. The molecule has 1 aliphatic carbocycles. The van der Waals surface area contributed by atoms with E-state index in [1.807, 2.05) is 17.0 Å². The van der Waals surface area contributed by atoms with Gasteiger partial charge >= 0.3 is 0 Å². The van der Waals surface area contributed by atoms with Crippen molar-refractivity contribution < 1.29 is 4.79 Å². The Labute approximate surface area is 148 Å². The average molecular weight is 340 g/mol. The lowest BCUT2D eigenvalue weighted by molar-refractivity contribution is 0.0987. The molecular formula is C21H25NOS. The number of rotatable bonds is 2. The second-order valence-corrected chi connectivity index (χ2v) is 8.10. The van der Waals surface area contributed by atoms with Crippen molar-refractivity contribution in [1.29, 1.82) is 0 Å².